The van der Waals surface area contributed by atoms with Crippen LogP contribution in [0.15, 0.2) is 151 Å². The fourth-order valence-corrected chi connectivity index (χ4v) is 5.96. The number of aliphatic hydroxyl groups excluding tert-OH is 1. The third kappa shape index (κ3) is 13.3. The summed E-state index contributed by atoms with van der Waals surface area (Å²) in [6, 6.07) is 41.7. The van der Waals surface area contributed by atoms with Crippen LogP contribution >= 0.6 is 0 Å². The Labute approximate surface area is 337 Å². The molecule has 5 N–H and O–H groups in total. The van der Waals surface area contributed by atoms with Crippen molar-refractivity contribution in [2.24, 2.45) is 4.99 Å². The van der Waals surface area contributed by atoms with E-state index in [0.717, 1.165) is 22.3 Å². The molecule has 0 aromatic heterocycles. The normalized spacial score (nSPS) is 11.6. The van der Waals surface area contributed by atoms with E-state index in [1.807, 2.05) is 97.1 Å². The predicted molar refractivity (Wildman–Crippen MR) is 219 cm³/mol. The number of amides is 4. The average molecular weight is 786 g/mol. The third-order valence-corrected chi connectivity index (χ3v) is 8.97. The SMILES string of the molecule is COc1ccc([C@H](CO)NC(=O)[C@H](CCCN=C(NC(=O)OCc2ccccc2)NC(=O)OCc2ccccc2)NC(=O)C(c2ccccc2)c2ccccc2)cc1. The van der Waals surface area contributed by atoms with E-state index >= 15 is 0 Å². The van der Waals surface area contributed by atoms with Gasteiger partial charge in [0.05, 0.1) is 25.7 Å². The standard InChI is InChI=1S/C45H47N5O8/c1-56-37-26-24-34(25-27-37)39(29-51)48-41(52)38(47-42(53)40(35-19-10-4-11-20-35)36-21-12-5-13-22-36)23-14-28-46-43(49-44(54)57-30-32-15-6-2-7-16-32)50-45(55)58-31-33-17-8-3-9-18-33/h2-13,15-22,24-27,38-40,51H,14,23,28-31H2,1H3,(H,47,53)(H,48,52)(H2,46,49,50,54,55)/t38-,39-/m0/s1. The zero-order valence-corrected chi connectivity index (χ0v) is 32.1. The van der Waals surface area contributed by atoms with Gasteiger partial charge in [-0.3, -0.25) is 25.2 Å². The summed E-state index contributed by atoms with van der Waals surface area (Å²) in [4.78, 5) is 58.1. The van der Waals surface area contributed by atoms with Crippen molar-refractivity contribution in [1.29, 1.82) is 0 Å². The van der Waals surface area contributed by atoms with Crippen molar-refractivity contribution in [3.05, 3.63) is 173 Å². The summed E-state index contributed by atoms with van der Waals surface area (Å²) >= 11 is 0. The van der Waals surface area contributed by atoms with E-state index in [1.165, 1.54) is 0 Å². The first kappa shape index (κ1) is 42.2. The molecule has 0 unspecified atom stereocenters. The molecule has 13 nitrogen and oxygen atoms in total. The van der Waals surface area contributed by atoms with Crippen LogP contribution < -0.4 is 26.0 Å². The zero-order chi connectivity index (χ0) is 41.0. The average Bonchev–Trinajstić information content (AvgIpc) is 3.26. The minimum Gasteiger partial charge on any atom is -0.497 e. The van der Waals surface area contributed by atoms with Gasteiger partial charge in [0.25, 0.3) is 0 Å². The quantitative estimate of drug-likeness (QED) is 0.0424. The highest BCUT2D eigenvalue weighted by Crippen LogP contribution is 2.25. The van der Waals surface area contributed by atoms with E-state index in [1.54, 1.807) is 55.6 Å². The summed E-state index contributed by atoms with van der Waals surface area (Å²) in [5.41, 5.74) is 3.63. The number of guanidine groups is 1. The lowest BCUT2D eigenvalue weighted by atomic mass is 9.90. The lowest BCUT2D eigenvalue weighted by Crippen LogP contribution is -2.49. The van der Waals surface area contributed by atoms with Crippen molar-refractivity contribution in [2.75, 3.05) is 20.3 Å². The molecule has 58 heavy (non-hydrogen) atoms. The van der Waals surface area contributed by atoms with Gasteiger partial charge in [-0.1, -0.05) is 133 Å². The number of methoxy groups -OCH3 is 1. The molecule has 0 radical (unpaired) electrons. The first-order valence-corrected chi connectivity index (χ1v) is 18.8. The Morgan fingerprint density at radius 2 is 1.09 bits per heavy atom. The number of alkyl carbamates (subject to hydrolysis) is 2. The van der Waals surface area contributed by atoms with E-state index in [-0.39, 0.29) is 38.6 Å². The molecule has 4 amide bonds. The molecule has 300 valence electrons. The lowest BCUT2D eigenvalue weighted by Gasteiger charge is -2.25. The lowest BCUT2D eigenvalue weighted by molar-refractivity contribution is -0.130. The van der Waals surface area contributed by atoms with Crippen LogP contribution in [0.1, 0.15) is 52.6 Å². The number of nitrogens with one attached hydrogen (secondary N) is 4. The van der Waals surface area contributed by atoms with E-state index in [4.69, 9.17) is 14.2 Å². The van der Waals surface area contributed by atoms with Crippen LogP contribution in [0, 0.1) is 0 Å². The van der Waals surface area contributed by atoms with Crippen molar-refractivity contribution in [3.63, 3.8) is 0 Å². The third-order valence-electron chi connectivity index (χ3n) is 8.97. The molecule has 13 heteroatoms. The molecule has 0 saturated carbocycles. The van der Waals surface area contributed by atoms with Gasteiger partial charge in [-0.15, -0.1) is 0 Å². The maximum absolute atomic E-state index is 14.2. The number of carbonyl (C=O) groups is 4. The molecule has 5 aromatic rings. The number of hydrogen-bond donors (Lipinski definition) is 5. The maximum atomic E-state index is 14.2. The number of aliphatic imine (C=N–C) groups is 1. The smallest absolute Gasteiger partial charge is 0.414 e. The van der Waals surface area contributed by atoms with Gasteiger partial charge in [0.2, 0.25) is 17.8 Å². The number of carbonyl (C=O) groups excluding carboxylic acids is 4. The van der Waals surface area contributed by atoms with Crippen LogP contribution in [0.4, 0.5) is 9.59 Å². The van der Waals surface area contributed by atoms with Crippen LogP contribution in [0.2, 0.25) is 0 Å². The van der Waals surface area contributed by atoms with Crippen LogP contribution in [0.5, 0.6) is 5.75 Å². The molecule has 0 heterocycles. The Hall–Kier alpha value is -6.99. The van der Waals surface area contributed by atoms with E-state index < -0.39 is 48.6 Å². The molecule has 2 atom stereocenters. The second-order valence-electron chi connectivity index (χ2n) is 13.1. The van der Waals surface area contributed by atoms with Crippen molar-refractivity contribution < 1.29 is 38.5 Å². The molecular formula is C45H47N5O8. The number of benzene rings is 5. The van der Waals surface area contributed by atoms with Gasteiger partial charge in [-0.25, -0.2) is 9.59 Å². The number of nitrogens with zero attached hydrogens (tertiary/aromatic N) is 1. The molecule has 0 saturated heterocycles. The second kappa shape index (κ2) is 22.5. The molecule has 0 aliphatic heterocycles. The van der Waals surface area contributed by atoms with E-state index in [9.17, 15) is 24.3 Å². The Morgan fingerprint density at radius 1 is 0.603 bits per heavy atom. The van der Waals surface area contributed by atoms with Gasteiger partial charge >= 0.3 is 12.2 Å². The Bertz CT molecular complexity index is 1970. The van der Waals surface area contributed by atoms with Gasteiger partial charge in [0, 0.05) is 6.54 Å². The first-order valence-electron chi connectivity index (χ1n) is 18.8. The summed E-state index contributed by atoms with van der Waals surface area (Å²) in [5, 5.41) is 21.0. The van der Waals surface area contributed by atoms with Gasteiger partial charge in [-0.05, 0) is 52.8 Å². The van der Waals surface area contributed by atoms with Crippen LogP contribution in [0.3, 0.4) is 0 Å². The predicted octanol–water partition coefficient (Wildman–Crippen LogP) is 6.15. The molecule has 0 fully saturated rings. The number of aliphatic hydroxyl groups is 1. The first-order chi connectivity index (χ1) is 28.3. The molecular weight excluding hydrogens is 739 g/mol. The largest absolute Gasteiger partial charge is 0.497 e. The Morgan fingerprint density at radius 3 is 1.55 bits per heavy atom. The van der Waals surface area contributed by atoms with Gasteiger partial charge in [0.1, 0.15) is 25.0 Å². The topological polar surface area (TPSA) is 177 Å². The Balaban J connectivity index is 1.32. The highest BCUT2D eigenvalue weighted by Gasteiger charge is 2.29. The molecule has 5 aromatic carbocycles. The van der Waals surface area contributed by atoms with Crippen molar-refractivity contribution in [1.82, 2.24) is 21.3 Å². The monoisotopic (exact) mass is 785 g/mol. The van der Waals surface area contributed by atoms with Crippen molar-refractivity contribution in [3.8, 4) is 5.75 Å². The minimum atomic E-state index is -1.07. The number of ether oxygens (including phenoxy) is 3. The molecule has 5 rings (SSSR count). The summed E-state index contributed by atoms with van der Waals surface area (Å²) in [7, 11) is 1.54. The number of hydrogen-bond acceptors (Lipinski definition) is 9. The maximum Gasteiger partial charge on any atom is 0.414 e. The molecule has 0 spiro atoms. The molecule has 0 bridgehead atoms. The highest BCUT2D eigenvalue weighted by atomic mass is 16.6. The van der Waals surface area contributed by atoms with E-state index in [0.29, 0.717) is 11.3 Å². The number of rotatable bonds is 17. The minimum absolute atomic E-state index is 0.00955. The van der Waals surface area contributed by atoms with Crippen LogP contribution in [0.25, 0.3) is 0 Å². The summed E-state index contributed by atoms with van der Waals surface area (Å²) < 4.78 is 15.9. The highest BCUT2D eigenvalue weighted by molar-refractivity contribution is 6.01. The molecule has 0 aliphatic rings. The van der Waals surface area contributed by atoms with E-state index in [2.05, 4.69) is 26.3 Å². The fraction of sp³-hybridized carbons (Fsp3) is 0.222. The van der Waals surface area contributed by atoms with Crippen molar-refractivity contribution >= 4 is 30.0 Å². The van der Waals surface area contributed by atoms with Gasteiger partial charge in [0.15, 0.2) is 0 Å². The van der Waals surface area contributed by atoms with Crippen LogP contribution in [-0.2, 0) is 32.3 Å². The zero-order valence-electron chi connectivity index (χ0n) is 32.1. The fourth-order valence-electron chi connectivity index (χ4n) is 5.96. The van der Waals surface area contributed by atoms with Gasteiger partial charge < -0.3 is 30.0 Å². The van der Waals surface area contributed by atoms with Crippen LogP contribution in [-0.4, -0.2) is 61.4 Å². The summed E-state index contributed by atoms with van der Waals surface area (Å²) in [6.45, 7) is -0.433. The second-order valence-corrected chi connectivity index (χ2v) is 13.1. The Kier molecular flexibility index (Phi) is 16.4. The molecule has 0 aliphatic carbocycles. The summed E-state index contributed by atoms with van der Waals surface area (Å²) in [5.74, 6) is -1.28. The van der Waals surface area contributed by atoms with Gasteiger partial charge in [-0.2, -0.15) is 0 Å². The summed E-state index contributed by atoms with van der Waals surface area (Å²) in [6.07, 6.45) is -1.41. The van der Waals surface area contributed by atoms with Crippen molar-refractivity contribution in [2.45, 2.75) is 44.1 Å².